The fourth-order valence-electron chi connectivity index (χ4n) is 0.852. The predicted octanol–water partition coefficient (Wildman–Crippen LogP) is -0.161. The van der Waals surface area contributed by atoms with Crippen molar-refractivity contribution in [2.45, 2.75) is 13.0 Å². The van der Waals surface area contributed by atoms with Crippen LogP contribution in [0.3, 0.4) is 0 Å². The van der Waals surface area contributed by atoms with E-state index in [1.54, 1.807) is 11.9 Å². The number of hydrogen-bond acceptors (Lipinski definition) is 4. The van der Waals surface area contributed by atoms with Gasteiger partial charge in [0.1, 0.15) is 0 Å². The Hall–Kier alpha value is -0.630. The highest BCUT2D eigenvalue weighted by Crippen LogP contribution is 1.89. The number of aliphatic hydroxyl groups excluding tert-OH is 1. The van der Waals surface area contributed by atoms with Gasteiger partial charge in [0.05, 0.1) is 25.3 Å². The Morgan fingerprint density at radius 2 is 2.33 bits per heavy atom. The summed E-state index contributed by atoms with van der Waals surface area (Å²) < 4.78 is 5.01. The lowest BCUT2D eigenvalue weighted by Gasteiger charge is -2.17. The van der Waals surface area contributed by atoms with Crippen molar-refractivity contribution in [3.05, 3.63) is 0 Å². The lowest BCUT2D eigenvalue weighted by atomic mass is 10.3. The van der Waals surface area contributed by atoms with Gasteiger partial charge in [-0.1, -0.05) is 0 Å². The number of rotatable bonds is 6. The van der Waals surface area contributed by atoms with Gasteiger partial charge < -0.3 is 9.84 Å². The quantitative estimate of drug-likeness (QED) is 0.566. The van der Waals surface area contributed by atoms with Crippen molar-refractivity contribution in [1.29, 1.82) is 5.26 Å². The van der Waals surface area contributed by atoms with Gasteiger partial charge in [-0.2, -0.15) is 5.26 Å². The van der Waals surface area contributed by atoms with E-state index >= 15 is 0 Å². The smallest absolute Gasteiger partial charge is 0.0900 e. The van der Waals surface area contributed by atoms with Gasteiger partial charge in [-0.05, 0) is 14.0 Å². The lowest BCUT2D eigenvalue weighted by molar-refractivity contribution is 0.0274. The third kappa shape index (κ3) is 6.10. The summed E-state index contributed by atoms with van der Waals surface area (Å²) in [6.45, 7) is 3.65. The second-order valence-corrected chi connectivity index (χ2v) is 2.67. The van der Waals surface area contributed by atoms with Gasteiger partial charge in [0, 0.05) is 13.2 Å². The Morgan fingerprint density at radius 1 is 1.67 bits per heavy atom. The molecule has 0 fully saturated rings. The number of likely N-dealkylation sites (N-methyl/N-ethyl adjacent to an activating group) is 1. The molecule has 12 heavy (non-hydrogen) atoms. The summed E-state index contributed by atoms with van der Waals surface area (Å²) in [6, 6.07) is 2.00. The van der Waals surface area contributed by atoms with E-state index in [0.717, 1.165) is 0 Å². The Kier molecular flexibility index (Phi) is 6.67. The van der Waals surface area contributed by atoms with Crippen molar-refractivity contribution >= 4 is 0 Å². The summed E-state index contributed by atoms with van der Waals surface area (Å²) in [5, 5.41) is 17.6. The summed E-state index contributed by atoms with van der Waals surface area (Å²) >= 11 is 0. The van der Waals surface area contributed by atoms with Crippen LogP contribution in [-0.4, -0.2) is 49.5 Å². The van der Waals surface area contributed by atoms with Crippen molar-refractivity contribution in [3.8, 4) is 6.07 Å². The Morgan fingerprint density at radius 3 is 2.83 bits per heavy atom. The van der Waals surface area contributed by atoms with Crippen LogP contribution in [0.5, 0.6) is 0 Å². The van der Waals surface area contributed by atoms with Crippen LogP contribution in [0.15, 0.2) is 0 Å². The molecule has 4 nitrogen and oxygen atoms in total. The molecule has 70 valence electrons. The highest BCUT2D eigenvalue weighted by atomic mass is 16.5. The second-order valence-electron chi connectivity index (χ2n) is 2.67. The summed E-state index contributed by atoms with van der Waals surface area (Å²) in [5.74, 6) is 0. The van der Waals surface area contributed by atoms with E-state index in [-0.39, 0.29) is 0 Å². The maximum Gasteiger partial charge on any atom is 0.0900 e. The second kappa shape index (κ2) is 7.04. The standard InChI is InChI=1S/C8H16N2O2/c1-3-12-7-8(11)6-10(2)5-4-9/h8,11H,3,5-7H2,1-2H3. The average molecular weight is 172 g/mol. The van der Waals surface area contributed by atoms with E-state index in [4.69, 9.17) is 10.00 Å². The Labute approximate surface area is 73.4 Å². The summed E-state index contributed by atoms with van der Waals surface area (Å²) in [7, 11) is 1.79. The maximum atomic E-state index is 9.30. The predicted molar refractivity (Wildman–Crippen MR) is 45.6 cm³/mol. The minimum Gasteiger partial charge on any atom is -0.389 e. The van der Waals surface area contributed by atoms with Crippen LogP contribution in [0.2, 0.25) is 0 Å². The molecule has 1 atom stereocenters. The molecule has 0 aliphatic rings. The highest BCUT2D eigenvalue weighted by Gasteiger charge is 2.06. The SMILES string of the molecule is CCOCC(O)CN(C)CC#N. The van der Waals surface area contributed by atoms with Crippen molar-refractivity contribution in [2.24, 2.45) is 0 Å². The van der Waals surface area contributed by atoms with Crippen molar-refractivity contribution in [3.63, 3.8) is 0 Å². The van der Waals surface area contributed by atoms with Gasteiger partial charge in [-0.15, -0.1) is 0 Å². The van der Waals surface area contributed by atoms with Crippen molar-refractivity contribution in [1.82, 2.24) is 4.90 Å². The van der Waals surface area contributed by atoms with Crippen LogP contribution in [0.1, 0.15) is 6.92 Å². The molecule has 1 N–H and O–H groups in total. The molecule has 0 saturated carbocycles. The first kappa shape index (κ1) is 11.4. The number of ether oxygens (including phenoxy) is 1. The minimum atomic E-state index is -0.497. The number of nitriles is 1. The van der Waals surface area contributed by atoms with Gasteiger partial charge in [0.15, 0.2) is 0 Å². The molecule has 4 heteroatoms. The molecule has 0 bridgehead atoms. The van der Waals surface area contributed by atoms with Crippen LogP contribution in [0, 0.1) is 11.3 Å². The van der Waals surface area contributed by atoms with E-state index in [0.29, 0.717) is 26.3 Å². The first-order valence-corrected chi connectivity index (χ1v) is 4.02. The summed E-state index contributed by atoms with van der Waals surface area (Å²) in [6.07, 6.45) is -0.497. The molecule has 0 aromatic heterocycles. The molecule has 1 unspecified atom stereocenters. The third-order valence-corrected chi connectivity index (χ3v) is 1.38. The molecule has 0 aromatic carbocycles. The fraction of sp³-hybridized carbons (Fsp3) is 0.875. The number of hydrogen-bond donors (Lipinski definition) is 1. The van der Waals surface area contributed by atoms with Gasteiger partial charge in [-0.3, -0.25) is 4.90 Å². The molecule has 0 heterocycles. The monoisotopic (exact) mass is 172 g/mol. The van der Waals surface area contributed by atoms with Gasteiger partial charge in [-0.25, -0.2) is 0 Å². The van der Waals surface area contributed by atoms with Gasteiger partial charge in [0.2, 0.25) is 0 Å². The highest BCUT2D eigenvalue weighted by molar-refractivity contribution is 4.75. The Bertz CT molecular complexity index is 144. The maximum absolute atomic E-state index is 9.30. The van der Waals surface area contributed by atoms with Crippen LogP contribution < -0.4 is 0 Å². The molecule has 0 rings (SSSR count). The zero-order chi connectivity index (χ0) is 9.40. The van der Waals surface area contributed by atoms with Crippen LogP contribution >= 0.6 is 0 Å². The third-order valence-electron chi connectivity index (χ3n) is 1.38. The van der Waals surface area contributed by atoms with E-state index in [1.165, 1.54) is 0 Å². The summed E-state index contributed by atoms with van der Waals surface area (Å²) in [4.78, 5) is 1.75. The summed E-state index contributed by atoms with van der Waals surface area (Å²) in [5.41, 5.74) is 0. The van der Waals surface area contributed by atoms with E-state index in [2.05, 4.69) is 0 Å². The molecule has 0 aliphatic heterocycles. The van der Waals surface area contributed by atoms with Crippen LogP contribution in [0.25, 0.3) is 0 Å². The van der Waals surface area contributed by atoms with Crippen molar-refractivity contribution in [2.75, 3.05) is 33.4 Å². The molecule has 0 aromatic rings. The lowest BCUT2D eigenvalue weighted by Crippen LogP contribution is -2.32. The largest absolute Gasteiger partial charge is 0.389 e. The fourth-order valence-corrected chi connectivity index (χ4v) is 0.852. The molecular weight excluding hydrogens is 156 g/mol. The van der Waals surface area contributed by atoms with E-state index in [9.17, 15) is 5.11 Å². The van der Waals surface area contributed by atoms with E-state index < -0.39 is 6.10 Å². The van der Waals surface area contributed by atoms with Gasteiger partial charge >= 0.3 is 0 Å². The molecule has 0 amide bonds. The molecular formula is C8H16N2O2. The van der Waals surface area contributed by atoms with Gasteiger partial charge in [0.25, 0.3) is 0 Å². The molecule has 0 radical (unpaired) electrons. The first-order valence-electron chi connectivity index (χ1n) is 4.02. The minimum absolute atomic E-state index is 0.336. The number of nitrogens with zero attached hydrogens (tertiary/aromatic N) is 2. The molecule has 0 aliphatic carbocycles. The zero-order valence-electron chi connectivity index (χ0n) is 7.66. The van der Waals surface area contributed by atoms with Crippen LogP contribution in [0.4, 0.5) is 0 Å². The van der Waals surface area contributed by atoms with Crippen LogP contribution in [-0.2, 0) is 4.74 Å². The zero-order valence-corrected chi connectivity index (χ0v) is 7.66. The first-order chi connectivity index (χ1) is 5.70. The molecule has 0 saturated heterocycles. The normalized spacial score (nSPS) is 12.9. The molecule has 0 spiro atoms. The topological polar surface area (TPSA) is 56.5 Å². The Balaban J connectivity index is 3.41. The van der Waals surface area contributed by atoms with E-state index in [1.807, 2.05) is 13.0 Å². The average Bonchev–Trinajstić information content (AvgIpc) is 2.01. The number of aliphatic hydroxyl groups is 1. The van der Waals surface area contributed by atoms with Crippen molar-refractivity contribution < 1.29 is 9.84 Å².